The van der Waals surface area contributed by atoms with Crippen LogP contribution in [0, 0.1) is 0 Å². The molecule has 1 rings (SSSR count). The fraction of sp³-hybridized carbons (Fsp3) is 0.474. The van der Waals surface area contributed by atoms with Crippen molar-refractivity contribution in [3.63, 3.8) is 0 Å². The van der Waals surface area contributed by atoms with Crippen LogP contribution in [0.2, 0.25) is 0 Å². The minimum absolute atomic E-state index is 0.162. The standard InChI is InChI=1S/C19H26O6/c1-5-8-11-25-16-10-9-14(13-17(16)22-4)12-15(18(20)23-6-2)19(21)24-7-3/h9-10,12-13H,5-8,11H2,1-4H3. The number of hydrogen-bond acceptors (Lipinski definition) is 6. The first-order valence-corrected chi connectivity index (χ1v) is 8.44. The number of carbonyl (C=O) groups is 2. The second kappa shape index (κ2) is 11.1. The zero-order valence-corrected chi connectivity index (χ0v) is 15.3. The van der Waals surface area contributed by atoms with E-state index < -0.39 is 11.9 Å². The summed E-state index contributed by atoms with van der Waals surface area (Å²) in [5.41, 5.74) is 0.446. The molecule has 0 aromatic heterocycles. The summed E-state index contributed by atoms with van der Waals surface area (Å²) < 4.78 is 20.9. The highest BCUT2D eigenvalue weighted by Crippen LogP contribution is 2.29. The Hall–Kier alpha value is -2.50. The van der Waals surface area contributed by atoms with Gasteiger partial charge in [-0.2, -0.15) is 0 Å². The second-order valence-corrected chi connectivity index (χ2v) is 5.11. The third-order valence-electron chi connectivity index (χ3n) is 3.24. The van der Waals surface area contributed by atoms with E-state index in [4.69, 9.17) is 18.9 Å². The van der Waals surface area contributed by atoms with Gasteiger partial charge in [-0.05, 0) is 44.0 Å². The first-order valence-electron chi connectivity index (χ1n) is 8.44. The van der Waals surface area contributed by atoms with E-state index in [0.717, 1.165) is 12.8 Å². The molecule has 138 valence electrons. The summed E-state index contributed by atoms with van der Waals surface area (Å²) in [5, 5.41) is 0. The van der Waals surface area contributed by atoms with Gasteiger partial charge in [0.2, 0.25) is 0 Å². The Labute approximate surface area is 148 Å². The lowest BCUT2D eigenvalue weighted by Gasteiger charge is -2.11. The molecule has 0 unspecified atom stereocenters. The van der Waals surface area contributed by atoms with Crippen molar-refractivity contribution >= 4 is 18.0 Å². The van der Waals surface area contributed by atoms with E-state index in [-0.39, 0.29) is 18.8 Å². The maximum atomic E-state index is 12.0. The van der Waals surface area contributed by atoms with Crippen LogP contribution in [0.4, 0.5) is 0 Å². The topological polar surface area (TPSA) is 71.1 Å². The monoisotopic (exact) mass is 350 g/mol. The van der Waals surface area contributed by atoms with Crippen LogP contribution < -0.4 is 9.47 Å². The summed E-state index contributed by atoms with van der Waals surface area (Å²) in [4.78, 5) is 24.0. The molecule has 0 heterocycles. The van der Waals surface area contributed by atoms with Crippen LogP contribution in [0.5, 0.6) is 11.5 Å². The van der Waals surface area contributed by atoms with E-state index in [9.17, 15) is 9.59 Å². The summed E-state index contributed by atoms with van der Waals surface area (Å²) in [7, 11) is 1.53. The van der Waals surface area contributed by atoms with Crippen LogP contribution in [0.25, 0.3) is 6.08 Å². The highest BCUT2D eigenvalue weighted by Gasteiger charge is 2.21. The number of esters is 2. The van der Waals surface area contributed by atoms with Gasteiger partial charge in [-0.15, -0.1) is 0 Å². The lowest BCUT2D eigenvalue weighted by Crippen LogP contribution is -2.18. The Kier molecular flexibility index (Phi) is 9.14. The van der Waals surface area contributed by atoms with Crippen LogP contribution in [-0.2, 0) is 19.1 Å². The molecule has 0 fully saturated rings. The average Bonchev–Trinajstić information content (AvgIpc) is 2.60. The van der Waals surface area contributed by atoms with E-state index >= 15 is 0 Å². The van der Waals surface area contributed by atoms with Crippen LogP contribution in [0.1, 0.15) is 39.2 Å². The van der Waals surface area contributed by atoms with E-state index in [2.05, 4.69) is 6.92 Å². The lowest BCUT2D eigenvalue weighted by atomic mass is 10.1. The fourth-order valence-corrected chi connectivity index (χ4v) is 2.01. The van der Waals surface area contributed by atoms with E-state index in [1.54, 1.807) is 32.0 Å². The van der Waals surface area contributed by atoms with Gasteiger partial charge in [0.1, 0.15) is 5.57 Å². The molecule has 0 bridgehead atoms. The van der Waals surface area contributed by atoms with Crippen LogP contribution in [0.15, 0.2) is 23.8 Å². The maximum absolute atomic E-state index is 12.0. The van der Waals surface area contributed by atoms with Crippen molar-refractivity contribution in [1.29, 1.82) is 0 Å². The number of methoxy groups -OCH3 is 1. The molecule has 0 radical (unpaired) electrons. The smallest absolute Gasteiger partial charge is 0.345 e. The summed E-state index contributed by atoms with van der Waals surface area (Å²) in [6.07, 6.45) is 3.40. The van der Waals surface area contributed by atoms with Gasteiger partial charge in [-0.1, -0.05) is 19.4 Å². The van der Waals surface area contributed by atoms with Crippen molar-refractivity contribution in [2.45, 2.75) is 33.6 Å². The summed E-state index contributed by atoms with van der Waals surface area (Å²) in [6, 6.07) is 5.18. The van der Waals surface area contributed by atoms with Crippen molar-refractivity contribution in [3.8, 4) is 11.5 Å². The van der Waals surface area contributed by atoms with Crippen molar-refractivity contribution in [2.24, 2.45) is 0 Å². The van der Waals surface area contributed by atoms with Crippen molar-refractivity contribution < 1.29 is 28.5 Å². The van der Waals surface area contributed by atoms with Gasteiger partial charge in [0.15, 0.2) is 11.5 Å². The molecule has 0 atom stereocenters. The predicted octanol–water partition coefficient (Wildman–Crippen LogP) is 3.38. The Bertz CT molecular complexity index is 586. The molecular formula is C19H26O6. The molecule has 0 amide bonds. The van der Waals surface area contributed by atoms with Gasteiger partial charge in [0, 0.05) is 0 Å². The molecule has 25 heavy (non-hydrogen) atoms. The number of unbranched alkanes of at least 4 members (excludes halogenated alkanes) is 1. The van der Waals surface area contributed by atoms with E-state index in [1.807, 2.05) is 0 Å². The summed E-state index contributed by atoms with van der Waals surface area (Å²) >= 11 is 0. The third-order valence-corrected chi connectivity index (χ3v) is 3.24. The molecule has 6 nitrogen and oxygen atoms in total. The zero-order chi connectivity index (χ0) is 18.7. The molecular weight excluding hydrogens is 324 g/mol. The highest BCUT2D eigenvalue weighted by atomic mass is 16.6. The van der Waals surface area contributed by atoms with E-state index in [0.29, 0.717) is 23.7 Å². The van der Waals surface area contributed by atoms with Gasteiger partial charge in [0.05, 0.1) is 26.9 Å². The van der Waals surface area contributed by atoms with Crippen LogP contribution in [-0.4, -0.2) is 38.9 Å². The second-order valence-electron chi connectivity index (χ2n) is 5.11. The number of ether oxygens (including phenoxy) is 4. The van der Waals surface area contributed by atoms with Crippen LogP contribution in [0.3, 0.4) is 0 Å². The van der Waals surface area contributed by atoms with Gasteiger partial charge in [0.25, 0.3) is 0 Å². The average molecular weight is 350 g/mol. The Balaban J connectivity index is 3.10. The molecule has 1 aromatic rings. The number of hydrogen-bond donors (Lipinski definition) is 0. The molecule has 0 saturated carbocycles. The maximum Gasteiger partial charge on any atom is 0.345 e. The third kappa shape index (κ3) is 6.49. The molecule has 0 spiro atoms. The SMILES string of the molecule is CCCCOc1ccc(C=C(C(=O)OCC)C(=O)OCC)cc1OC. The molecule has 6 heteroatoms. The molecule has 0 aliphatic carbocycles. The van der Waals surface area contributed by atoms with E-state index in [1.165, 1.54) is 13.2 Å². The molecule has 0 saturated heterocycles. The lowest BCUT2D eigenvalue weighted by molar-refractivity contribution is -0.146. The number of carbonyl (C=O) groups excluding carboxylic acids is 2. The summed E-state index contributed by atoms with van der Waals surface area (Å²) in [6.45, 7) is 6.37. The quantitative estimate of drug-likeness (QED) is 0.212. The van der Waals surface area contributed by atoms with Crippen molar-refractivity contribution in [1.82, 2.24) is 0 Å². The van der Waals surface area contributed by atoms with Gasteiger partial charge in [-0.3, -0.25) is 0 Å². The zero-order valence-electron chi connectivity index (χ0n) is 15.3. The molecule has 0 N–H and O–H groups in total. The van der Waals surface area contributed by atoms with Gasteiger partial charge in [-0.25, -0.2) is 9.59 Å². The largest absolute Gasteiger partial charge is 0.493 e. The molecule has 1 aromatic carbocycles. The minimum atomic E-state index is -0.719. The minimum Gasteiger partial charge on any atom is -0.493 e. The number of benzene rings is 1. The Morgan fingerprint density at radius 1 is 1.00 bits per heavy atom. The normalized spacial score (nSPS) is 9.92. The molecule has 0 aliphatic rings. The predicted molar refractivity (Wildman–Crippen MR) is 94.6 cm³/mol. The Morgan fingerprint density at radius 3 is 2.16 bits per heavy atom. The van der Waals surface area contributed by atoms with Crippen molar-refractivity contribution in [3.05, 3.63) is 29.3 Å². The molecule has 0 aliphatic heterocycles. The van der Waals surface area contributed by atoms with Gasteiger partial charge < -0.3 is 18.9 Å². The van der Waals surface area contributed by atoms with Crippen molar-refractivity contribution in [2.75, 3.05) is 26.9 Å². The summed E-state index contributed by atoms with van der Waals surface area (Å²) in [5.74, 6) is -0.301. The first kappa shape index (κ1) is 20.5. The van der Waals surface area contributed by atoms with Crippen LogP contribution >= 0.6 is 0 Å². The fourth-order valence-electron chi connectivity index (χ4n) is 2.01. The Morgan fingerprint density at radius 2 is 1.64 bits per heavy atom. The van der Waals surface area contributed by atoms with Gasteiger partial charge >= 0.3 is 11.9 Å². The number of rotatable bonds is 10. The first-order chi connectivity index (χ1) is 12.1. The highest BCUT2D eigenvalue weighted by molar-refractivity contribution is 6.17.